The molecule has 0 radical (unpaired) electrons. The Hall–Kier alpha value is -2.21. The van der Waals surface area contributed by atoms with E-state index in [4.69, 9.17) is 5.26 Å². The van der Waals surface area contributed by atoms with Gasteiger partial charge in [-0.25, -0.2) is 8.42 Å². The minimum absolute atomic E-state index is 0.00271. The first kappa shape index (κ1) is 19.1. The van der Waals surface area contributed by atoms with Crippen molar-refractivity contribution in [1.82, 2.24) is 9.21 Å². The van der Waals surface area contributed by atoms with Gasteiger partial charge in [0.25, 0.3) is 5.91 Å². The monoisotopic (exact) mass is 415 g/mol. The number of rotatable bonds is 3. The lowest BCUT2D eigenvalue weighted by Crippen LogP contribution is -2.50. The summed E-state index contributed by atoms with van der Waals surface area (Å²) in [5.41, 5.74) is 1.62. The second-order valence-corrected chi connectivity index (χ2v) is 10.2. The van der Waals surface area contributed by atoms with E-state index >= 15 is 0 Å². The van der Waals surface area contributed by atoms with Crippen LogP contribution in [0.1, 0.15) is 38.5 Å². The molecule has 1 aliphatic carbocycles. The summed E-state index contributed by atoms with van der Waals surface area (Å²) in [7, 11) is -3.66. The van der Waals surface area contributed by atoms with E-state index in [9.17, 15) is 13.2 Å². The molecule has 1 aromatic carbocycles. The van der Waals surface area contributed by atoms with E-state index in [-0.39, 0.29) is 23.9 Å². The smallest absolute Gasteiger partial charge is 0.264 e. The largest absolute Gasteiger partial charge is 0.335 e. The summed E-state index contributed by atoms with van der Waals surface area (Å²) in [6, 6.07) is 10.0. The molecule has 1 amide bonds. The Bertz CT molecular complexity index is 1020. The van der Waals surface area contributed by atoms with Crippen LogP contribution in [0.3, 0.4) is 0 Å². The van der Waals surface area contributed by atoms with Crippen molar-refractivity contribution in [1.29, 1.82) is 5.26 Å². The van der Waals surface area contributed by atoms with E-state index < -0.39 is 10.0 Å². The third kappa shape index (κ3) is 3.58. The molecule has 146 valence electrons. The number of hydrogen-bond donors (Lipinski definition) is 0. The number of carbonyl (C=O) groups excluding carboxylic acids is 1. The van der Waals surface area contributed by atoms with Gasteiger partial charge in [0.1, 0.15) is 0 Å². The summed E-state index contributed by atoms with van der Waals surface area (Å²) in [5.74, 6) is 0.00271. The van der Waals surface area contributed by atoms with E-state index in [1.54, 1.807) is 28.4 Å². The Balaban J connectivity index is 1.44. The second-order valence-electron chi connectivity index (χ2n) is 7.10. The van der Waals surface area contributed by atoms with Crippen molar-refractivity contribution >= 4 is 27.3 Å². The zero-order valence-electron chi connectivity index (χ0n) is 15.4. The summed E-state index contributed by atoms with van der Waals surface area (Å²) in [5, 5.41) is 9.00. The van der Waals surface area contributed by atoms with Crippen molar-refractivity contribution in [2.75, 3.05) is 26.2 Å². The number of hydrogen-bond acceptors (Lipinski definition) is 5. The number of amides is 1. The molecule has 6 nitrogen and oxygen atoms in total. The summed E-state index contributed by atoms with van der Waals surface area (Å²) in [4.78, 5) is 16.8. The molecule has 1 saturated heterocycles. The van der Waals surface area contributed by atoms with Crippen molar-refractivity contribution < 1.29 is 13.2 Å². The van der Waals surface area contributed by atoms with Crippen LogP contribution >= 0.6 is 11.3 Å². The minimum Gasteiger partial charge on any atom is -0.335 e. The lowest BCUT2D eigenvalue weighted by molar-refractivity contribution is 0.0702. The molecule has 1 aliphatic heterocycles. The van der Waals surface area contributed by atoms with Crippen LogP contribution in [0.2, 0.25) is 0 Å². The highest BCUT2D eigenvalue weighted by Crippen LogP contribution is 2.30. The molecule has 0 N–H and O–H groups in total. The van der Waals surface area contributed by atoms with Crippen LogP contribution in [0.25, 0.3) is 0 Å². The number of benzene rings is 1. The van der Waals surface area contributed by atoms with Crippen molar-refractivity contribution in [3.8, 4) is 6.07 Å². The van der Waals surface area contributed by atoms with Crippen LogP contribution in [0, 0.1) is 11.3 Å². The average Bonchev–Trinajstić information content (AvgIpc) is 3.17. The maximum atomic E-state index is 12.9. The normalized spacial score (nSPS) is 17.8. The number of nitriles is 1. The summed E-state index contributed by atoms with van der Waals surface area (Å²) in [6.45, 7) is 1.27. The summed E-state index contributed by atoms with van der Waals surface area (Å²) in [6.07, 6.45) is 4.47. The standard InChI is InChI=1S/C20H21N3O3S2/c21-14-15-4-3-6-17(12-15)28(25,26)23-10-8-22(9-11-23)20(24)19-13-16-5-1-2-7-18(16)27-19/h3-4,6,12-13H,1-2,5,7-11H2. The predicted molar refractivity (Wildman–Crippen MR) is 107 cm³/mol. The van der Waals surface area contributed by atoms with Gasteiger partial charge in [0.15, 0.2) is 0 Å². The Morgan fingerprint density at radius 2 is 1.82 bits per heavy atom. The van der Waals surface area contributed by atoms with Gasteiger partial charge in [0.2, 0.25) is 10.0 Å². The van der Waals surface area contributed by atoms with Crippen molar-refractivity contribution in [3.05, 3.63) is 51.2 Å². The summed E-state index contributed by atoms with van der Waals surface area (Å²) >= 11 is 1.59. The molecule has 0 bridgehead atoms. The van der Waals surface area contributed by atoms with Gasteiger partial charge in [-0.05, 0) is 55.5 Å². The lowest BCUT2D eigenvalue weighted by atomic mass is 9.99. The molecule has 28 heavy (non-hydrogen) atoms. The number of thiophene rings is 1. The first-order valence-electron chi connectivity index (χ1n) is 9.40. The fourth-order valence-corrected chi connectivity index (χ4v) is 6.45. The van der Waals surface area contributed by atoms with Gasteiger partial charge >= 0.3 is 0 Å². The highest BCUT2D eigenvalue weighted by molar-refractivity contribution is 7.89. The Morgan fingerprint density at radius 1 is 1.07 bits per heavy atom. The van der Waals surface area contributed by atoms with Gasteiger partial charge in [-0.3, -0.25) is 4.79 Å². The van der Waals surface area contributed by atoms with E-state index in [0.29, 0.717) is 18.7 Å². The Morgan fingerprint density at radius 3 is 2.54 bits per heavy atom. The molecule has 0 unspecified atom stereocenters. The van der Waals surface area contributed by atoms with Crippen LogP contribution in [0.4, 0.5) is 0 Å². The van der Waals surface area contributed by atoms with E-state index in [2.05, 4.69) is 0 Å². The number of aryl methyl sites for hydroxylation is 2. The lowest BCUT2D eigenvalue weighted by Gasteiger charge is -2.33. The molecular formula is C20H21N3O3S2. The molecule has 1 aromatic heterocycles. The fourth-order valence-electron chi connectivity index (χ4n) is 3.76. The van der Waals surface area contributed by atoms with Crippen molar-refractivity contribution in [2.45, 2.75) is 30.6 Å². The molecule has 4 rings (SSSR count). The Labute approximate surface area is 169 Å². The summed E-state index contributed by atoms with van der Waals surface area (Å²) < 4.78 is 27.1. The highest BCUT2D eigenvalue weighted by atomic mass is 32.2. The first-order valence-corrected chi connectivity index (χ1v) is 11.7. The SMILES string of the molecule is N#Cc1cccc(S(=O)(=O)N2CCN(C(=O)c3cc4c(s3)CCCC4)CC2)c1. The van der Waals surface area contributed by atoms with Gasteiger partial charge in [-0.2, -0.15) is 9.57 Å². The molecule has 0 spiro atoms. The third-order valence-corrected chi connectivity index (χ3v) is 8.45. The maximum Gasteiger partial charge on any atom is 0.264 e. The third-order valence-electron chi connectivity index (χ3n) is 5.33. The predicted octanol–water partition coefficient (Wildman–Crippen LogP) is 2.65. The maximum absolute atomic E-state index is 12.9. The van der Waals surface area contributed by atoms with Gasteiger partial charge in [-0.1, -0.05) is 6.07 Å². The molecule has 0 atom stereocenters. The molecule has 2 heterocycles. The number of nitrogens with zero attached hydrogens (tertiary/aromatic N) is 3. The van der Waals surface area contributed by atoms with Crippen LogP contribution in [-0.4, -0.2) is 49.7 Å². The van der Waals surface area contributed by atoms with E-state index in [0.717, 1.165) is 17.7 Å². The molecule has 2 aliphatic rings. The highest BCUT2D eigenvalue weighted by Gasteiger charge is 2.31. The number of fused-ring (bicyclic) bond motifs is 1. The van der Waals surface area contributed by atoms with Crippen molar-refractivity contribution in [2.24, 2.45) is 0 Å². The Kier molecular flexibility index (Phi) is 5.23. The number of carbonyl (C=O) groups is 1. The van der Waals surface area contributed by atoms with Crippen LogP contribution in [0.5, 0.6) is 0 Å². The molecule has 2 aromatic rings. The number of sulfonamides is 1. The van der Waals surface area contributed by atoms with Crippen LogP contribution < -0.4 is 0 Å². The second kappa shape index (κ2) is 7.66. The fraction of sp³-hybridized carbons (Fsp3) is 0.400. The van der Waals surface area contributed by atoms with Gasteiger partial charge in [0, 0.05) is 31.1 Å². The van der Waals surface area contributed by atoms with Gasteiger partial charge < -0.3 is 4.90 Å². The first-order chi connectivity index (χ1) is 13.5. The van der Waals surface area contributed by atoms with E-state index in [1.165, 1.54) is 39.7 Å². The zero-order valence-corrected chi connectivity index (χ0v) is 17.1. The molecule has 0 saturated carbocycles. The van der Waals surface area contributed by atoms with Gasteiger partial charge in [-0.15, -0.1) is 11.3 Å². The molecule has 8 heteroatoms. The minimum atomic E-state index is -3.66. The molecular weight excluding hydrogens is 394 g/mol. The van der Waals surface area contributed by atoms with Crippen molar-refractivity contribution in [3.63, 3.8) is 0 Å². The quantitative estimate of drug-likeness (QED) is 0.772. The average molecular weight is 416 g/mol. The molecule has 1 fully saturated rings. The topological polar surface area (TPSA) is 81.5 Å². The van der Waals surface area contributed by atoms with E-state index in [1.807, 2.05) is 12.1 Å². The van der Waals surface area contributed by atoms with Gasteiger partial charge in [0.05, 0.1) is 21.4 Å². The number of piperazine rings is 1. The van der Waals surface area contributed by atoms with Crippen LogP contribution in [0.15, 0.2) is 35.2 Å². The zero-order chi connectivity index (χ0) is 19.7. The van der Waals surface area contributed by atoms with Crippen LogP contribution in [-0.2, 0) is 22.9 Å².